The molecule has 0 aromatic carbocycles. The van der Waals surface area contributed by atoms with E-state index >= 15 is 0 Å². The highest BCUT2D eigenvalue weighted by Crippen LogP contribution is 2.11. The topological polar surface area (TPSA) is 68.8 Å². The van der Waals surface area contributed by atoms with E-state index in [1.165, 1.54) is 57.8 Å². The van der Waals surface area contributed by atoms with Gasteiger partial charge in [-0.25, -0.2) is 0 Å². The summed E-state index contributed by atoms with van der Waals surface area (Å²) in [5.74, 6) is 0.136. The molecule has 4 heteroatoms. The Morgan fingerprint density at radius 2 is 1.38 bits per heavy atom. The lowest BCUT2D eigenvalue weighted by Gasteiger charge is -2.05. The molecule has 0 aliphatic rings. The SMILES string of the molecule is CCCCCCCCCCCCCC(=O)NCCC[NH2+][O-]. The maximum atomic E-state index is 11.5. The molecule has 0 atom stereocenters. The Morgan fingerprint density at radius 1 is 0.857 bits per heavy atom. The molecule has 0 aromatic rings. The van der Waals surface area contributed by atoms with E-state index in [1.807, 2.05) is 0 Å². The molecule has 1 amide bonds. The zero-order valence-corrected chi connectivity index (χ0v) is 14.0. The molecule has 21 heavy (non-hydrogen) atoms. The zero-order chi connectivity index (χ0) is 15.6. The van der Waals surface area contributed by atoms with Crippen molar-refractivity contribution in [2.24, 2.45) is 0 Å². The monoisotopic (exact) mass is 300 g/mol. The summed E-state index contributed by atoms with van der Waals surface area (Å²) in [4.78, 5) is 11.5. The van der Waals surface area contributed by atoms with E-state index in [2.05, 4.69) is 12.2 Å². The zero-order valence-electron chi connectivity index (χ0n) is 14.0. The number of nitrogens with one attached hydrogen (secondary N) is 1. The lowest BCUT2D eigenvalue weighted by molar-refractivity contribution is -0.588. The van der Waals surface area contributed by atoms with Crippen LogP contribution in [0.1, 0.15) is 90.4 Å². The van der Waals surface area contributed by atoms with Crippen LogP contribution in [0.4, 0.5) is 0 Å². The quantitative estimate of drug-likeness (QED) is 0.339. The van der Waals surface area contributed by atoms with Crippen molar-refractivity contribution in [1.82, 2.24) is 5.32 Å². The highest BCUT2D eigenvalue weighted by atomic mass is 16.5. The van der Waals surface area contributed by atoms with Gasteiger partial charge in [-0.3, -0.25) is 4.79 Å². The number of rotatable bonds is 16. The Bertz CT molecular complexity index is 223. The van der Waals surface area contributed by atoms with Gasteiger partial charge >= 0.3 is 0 Å². The van der Waals surface area contributed by atoms with E-state index in [0.29, 0.717) is 19.5 Å². The van der Waals surface area contributed by atoms with Crippen LogP contribution in [0, 0.1) is 5.21 Å². The van der Waals surface area contributed by atoms with Crippen molar-refractivity contribution in [1.29, 1.82) is 0 Å². The first-order valence-electron chi connectivity index (χ1n) is 9.01. The van der Waals surface area contributed by atoms with Gasteiger partial charge in [-0.05, 0) is 6.42 Å². The van der Waals surface area contributed by atoms with Crippen LogP contribution < -0.4 is 10.8 Å². The molecule has 4 nitrogen and oxygen atoms in total. The van der Waals surface area contributed by atoms with Crippen molar-refractivity contribution >= 4 is 5.91 Å². The number of carbonyl (C=O) groups is 1. The molecule has 3 N–H and O–H groups in total. The summed E-state index contributed by atoms with van der Waals surface area (Å²) in [6, 6.07) is 0. The maximum absolute atomic E-state index is 11.5. The summed E-state index contributed by atoms with van der Waals surface area (Å²) in [5, 5.41) is 13.0. The molecule has 0 spiro atoms. The Labute approximate surface area is 131 Å². The second-order valence-electron chi connectivity index (χ2n) is 5.94. The third-order valence-corrected chi connectivity index (χ3v) is 3.83. The molecule has 126 valence electrons. The average molecular weight is 300 g/mol. The van der Waals surface area contributed by atoms with E-state index in [-0.39, 0.29) is 5.91 Å². The van der Waals surface area contributed by atoms with Crippen LogP contribution in [0.25, 0.3) is 0 Å². The van der Waals surface area contributed by atoms with Gasteiger partial charge in [-0.2, -0.15) is 0 Å². The van der Waals surface area contributed by atoms with Crippen molar-refractivity contribution in [2.75, 3.05) is 13.1 Å². The van der Waals surface area contributed by atoms with Gasteiger partial charge in [0, 0.05) is 19.4 Å². The first-order valence-corrected chi connectivity index (χ1v) is 9.01. The summed E-state index contributed by atoms with van der Waals surface area (Å²) < 4.78 is 0. The van der Waals surface area contributed by atoms with Crippen LogP contribution >= 0.6 is 0 Å². The lowest BCUT2D eigenvalue weighted by atomic mass is 10.1. The number of unbranched alkanes of at least 4 members (excludes halogenated alkanes) is 10. The molecule has 0 aliphatic carbocycles. The number of carbonyl (C=O) groups excluding carboxylic acids is 1. The summed E-state index contributed by atoms with van der Waals surface area (Å²) >= 11 is 0. The minimum Gasteiger partial charge on any atom is -0.636 e. The minimum atomic E-state index is 0.136. The highest BCUT2D eigenvalue weighted by molar-refractivity contribution is 5.75. The Morgan fingerprint density at radius 3 is 1.90 bits per heavy atom. The van der Waals surface area contributed by atoms with E-state index in [1.54, 1.807) is 0 Å². The summed E-state index contributed by atoms with van der Waals surface area (Å²) in [6.07, 6.45) is 15.8. The van der Waals surface area contributed by atoms with E-state index < -0.39 is 0 Å². The van der Waals surface area contributed by atoms with Crippen molar-refractivity contribution in [3.05, 3.63) is 5.21 Å². The van der Waals surface area contributed by atoms with Gasteiger partial charge in [0.15, 0.2) is 0 Å². The fourth-order valence-corrected chi connectivity index (χ4v) is 2.45. The number of hydrogen-bond donors (Lipinski definition) is 2. The molecule has 0 saturated carbocycles. The van der Waals surface area contributed by atoms with Crippen LogP contribution in [0.3, 0.4) is 0 Å². The van der Waals surface area contributed by atoms with Gasteiger partial charge in [0.1, 0.15) is 0 Å². The second kappa shape index (κ2) is 17.4. The Hall–Kier alpha value is -0.610. The predicted molar refractivity (Wildman–Crippen MR) is 88.9 cm³/mol. The van der Waals surface area contributed by atoms with Crippen LogP contribution in [-0.2, 0) is 4.79 Å². The van der Waals surface area contributed by atoms with Crippen molar-refractivity contribution in [2.45, 2.75) is 90.4 Å². The van der Waals surface area contributed by atoms with E-state index in [9.17, 15) is 10.0 Å². The molecule has 0 aliphatic heterocycles. The van der Waals surface area contributed by atoms with Crippen molar-refractivity contribution in [3.63, 3.8) is 0 Å². The van der Waals surface area contributed by atoms with E-state index in [0.717, 1.165) is 24.7 Å². The maximum Gasteiger partial charge on any atom is 0.219 e. The standard InChI is InChI=1S/C17H36N2O2/c1-2-3-4-5-6-7-8-9-10-11-12-14-17(20)18-15-13-16-19-21/h2-16,19H2,1H3,(H,18,20). The number of hydroxylamine groups is 1. The van der Waals surface area contributed by atoms with Crippen LogP contribution in [0.5, 0.6) is 0 Å². The van der Waals surface area contributed by atoms with Gasteiger partial charge in [-0.15, -0.1) is 0 Å². The van der Waals surface area contributed by atoms with Crippen LogP contribution in [0.2, 0.25) is 0 Å². The molecule has 0 bridgehead atoms. The van der Waals surface area contributed by atoms with Gasteiger partial charge < -0.3 is 16.0 Å². The van der Waals surface area contributed by atoms with Gasteiger partial charge in [-0.1, -0.05) is 71.1 Å². The Balaban J connectivity index is 3.09. The van der Waals surface area contributed by atoms with E-state index in [4.69, 9.17) is 0 Å². The molecule has 0 rings (SSSR count). The highest BCUT2D eigenvalue weighted by Gasteiger charge is 2.00. The lowest BCUT2D eigenvalue weighted by Crippen LogP contribution is -2.77. The van der Waals surface area contributed by atoms with Gasteiger partial charge in [0.2, 0.25) is 5.91 Å². The molecule has 0 saturated heterocycles. The first kappa shape index (κ1) is 20.4. The largest absolute Gasteiger partial charge is 0.636 e. The average Bonchev–Trinajstić information content (AvgIpc) is 2.49. The van der Waals surface area contributed by atoms with Crippen LogP contribution in [0.15, 0.2) is 0 Å². The normalized spacial score (nSPS) is 10.8. The number of amides is 1. The molecular formula is C17H36N2O2. The minimum absolute atomic E-state index is 0.136. The summed E-state index contributed by atoms with van der Waals surface area (Å²) in [5.41, 5.74) is 0.899. The molecule has 0 aromatic heterocycles. The summed E-state index contributed by atoms with van der Waals surface area (Å²) in [6.45, 7) is 3.43. The smallest absolute Gasteiger partial charge is 0.219 e. The summed E-state index contributed by atoms with van der Waals surface area (Å²) in [7, 11) is 0. The van der Waals surface area contributed by atoms with Gasteiger partial charge in [0.05, 0.1) is 6.54 Å². The number of nitrogens with two attached hydrogens (primary N) is 1. The molecular weight excluding hydrogens is 264 g/mol. The molecule has 0 radical (unpaired) electrons. The number of hydrogen-bond acceptors (Lipinski definition) is 2. The Kier molecular flexibility index (Phi) is 16.9. The predicted octanol–water partition coefficient (Wildman–Crippen LogP) is 3.26. The van der Waals surface area contributed by atoms with Crippen LogP contribution in [-0.4, -0.2) is 19.0 Å². The van der Waals surface area contributed by atoms with Crippen molar-refractivity contribution in [3.8, 4) is 0 Å². The number of quaternary nitrogens is 1. The van der Waals surface area contributed by atoms with Gasteiger partial charge in [0.25, 0.3) is 0 Å². The third kappa shape index (κ3) is 17.3. The molecule has 0 unspecified atom stereocenters. The fraction of sp³-hybridized carbons (Fsp3) is 0.941. The van der Waals surface area contributed by atoms with Crippen molar-refractivity contribution < 1.29 is 10.3 Å². The second-order valence-corrected chi connectivity index (χ2v) is 5.94. The third-order valence-electron chi connectivity index (χ3n) is 3.83. The molecule has 0 heterocycles. The fourth-order valence-electron chi connectivity index (χ4n) is 2.45. The first-order chi connectivity index (χ1) is 10.3. The molecule has 0 fully saturated rings.